The van der Waals surface area contributed by atoms with E-state index < -0.39 is 0 Å². The van der Waals surface area contributed by atoms with Crippen molar-refractivity contribution >= 4 is 87.6 Å². The molecule has 7 heteroatoms. The van der Waals surface area contributed by atoms with Crippen molar-refractivity contribution in [1.82, 2.24) is 19.5 Å². The molecular weight excluding hydrogens is 933 g/mol. The molecule has 5 aromatic heterocycles. The molecule has 7 nitrogen and oxygen atoms in total. The molecule has 0 bridgehead atoms. The Morgan fingerprint density at radius 3 is 1.63 bits per heavy atom. The number of benzene rings is 11. The summed E-state index contributed by atoms with van der Waals surface area (Å²) in [5.41, 5.74) is 17.5. The van der Waals surface area contributed by atoms with Crippen molar-refractivity contribution in [1.29, 1.82) is 0 Å². The molecule has 0 radical (unpaired) electrons. The van der Waals surface area contributed by atoms with E-state index in [1.54, 1.807) is 0 Å². The number of fused-ring (bicyclic) bond motifs is 12. The summed E-state index contributed by atoms with van der Waals surface area (Å²) in [6, 6.07) is 84.4. The summed E-state index contributed by atoms with van der Waals surface area (Å²) in [4.78, 5) is 15.5. The molecule has 76 heavy (non-hydrogen) atoms. The van der Waals surface area contributed by atoms with Crippen LogP contribution in [-0.2, 0) is 0 Å². The molecule has 0 aliphatic heterocycles. The van der Waals surface area contributed by atoms with Crippen molar-refractivity contribution in [2.24, 2.45) is 0 Å². The summed E-state index contributed by atoms with van der Waals surface area (Å²) < 4.78 is 22.1. The minimum absolute atomic E-state index is 0.554. The lowest BCUT2D eigenvalue weighted by Crippen LogP contribution is -2.00. The van der Waals surface area contributed by atoms with Crippen molar-refractivity contribution < 1.29 is 13.3 Å². The Bertz CT molecular complexity index is 4990. The lowest BCUT2D eigenvalue weighted by molar-refractivity contribution is 0.669. The summed E-state index contributed by atoms with van der Waals surface area (Å²) in [5, 5.41) is 8.64. The van der Waals surface area contributed by atoms with E-state index in [9.17, 15) is 0 Å². The minimum atomic E-state index is 0.554. The van der Waals surface area contributed by atoms with Gasteiger partial charge in [-0.25, -0.2) is 15.0 Å². The number of hydrogen-bond acceptors (Lipinski definition) is 6. The fraction of sp³-hybridized carbons (Fsp3) is 0. The first-order chi connectivity index (χ1) is 37.6. The van der Waals surface area contributed by atoms with Crippen LogP contribution < -0.4 is 0 Å². The van der Waals surface area contributed by atoms with Crippen molar-refractivity contribution in [2.75, 3.05) is 0 Å². The van der Waals surface area contributed by atoms with Crippen LogP contribution in [0, 0.1) is 0 Å². The Hall–Kier alpha value is -10.4. The zero-order valence-corrected chi connectivity index (χ0v) is 40.6. The standard InChI is InChI=1S/C69H40N4O3/c1-3-14-42(15-4-1)67-70-68(43-30-28-41(29-31-43)49-21-11-22-52-51-19-8-10-25-59(51)76-66(49)52)72-69(71-67)54-23-13-27-62-65(54)56-39-46(34-37-60(56)74-62)48-20-12-26-61-64(48)53-35-32-45(40-63(53)75-61)44-33-36-58-55(38-44)50-18-7-9-24-57(50)73(58)47-16-5-2-6-17-47/h1-40H. The lowest BCUT2D eigenvalue weighted by Gasteiger charge is -2.10. The molecule has 0 aliphatic carbocycles. The molecule has 354 valence electrons. The number of rotatable bonds is 7. The molecule has 0 fully saturated rings. The van der Waals surface area contributed by atoms with E-state index in [-0.39, 0.29) is 0 Å². The maximum atomic E-state index is 6.72. The predicted molar refractivity (Wildman–Crippen MR) is 309 cm³/mol. The zero-order valence-electron chi connectivity index (χ0n) is 40.6. The van der Waals surface area contributed by atoms with Crippen LogP contribution in [0.5, 0.6) is 0 Å². The average Bonchev–Trinajstić information content (AvgIpc) is 4.27. The Morgan fingerprint density at radius 1 is 0.263 bits per heavy atom. The van der Waals surface area contributed by atoms with Crippen LogP contribution in [0.3, 0.4) is 0 Å². The molecule has 0 saturated heterocycles. The van der Waals surface area contributed by atoms with Crippen molar-refractivity contribution in [2.45, 2.75) is 0 Å². The highest BCUT2D eigenvalue weighted by atomic mass is 16.3. The highest BCUT2D eigenvalue weighted by molar-refractivity contribution is 6.17. The fourth-order valence-electron chi connectivity index (χ4n) is 11.5. The van der Waals surface area contributed by atoms with E-state index in [0.717, 1.165) is 122 Å². The largest absolute Gasteiger partial charge is 0.456 e. The van der Waals surface area contributed by atoms with Gasteiger partial charge in [-0.1, -0.05) is 170 Å². The Labute approximate surface area is 434 Å². The first-order valence-corrected chi connectivity index (χ1v) is 25.5. The highest BCUT2D eigenvalue weighted by Crippen LogP contribution is 2.44. The normalized spacial score (nSPS) is 11.9. The molecule has 0 spiro atoms. The second-order valence-electron chi connectivity index (χ2n) is 19.4. The number of nitrogens with zero attached hydrogens (tertiary/aromatic N) is 4. The minimum Gasteiger partial charge on any atom is -0.456 e. The third-order valence-electron chi connectivity index (χ3n) is 15.1. The van der Waals surface area contributed by atoms with E-state index in [0.29, 0.717) is 17.5 Å². The molecule has 0 N–H and O–H groups in total. The highest BCUT2D eigenvalue weighted by Gasteiger charge is 2.21. The molecule has 0 amide bonds. The fourth-order valence-corrected chi connectivity index (χ4v) is 11.5. The van der Waals surface area contributed by atoms with Gasteiger partial charge in [0, 0.05) is 71.0 Å². The van der Waals surface area contributed by atoms with Crippen molar-refractivity contribution in [3.8, 4) is 73.2 Å². The number of hydrogen-bond donors (Lipinski definition) is 0. The summed E-state index contributed by atoms with van der Waals surface area (Å²) in [5.74, 6) is 1.71. The second-order valence-corrected chi connectivity index (χ2v) is 19.4. The molecule has 0 unspecified atom stereocenters. The third kappa shape index (κ3) is 6.59. The van der Waals surface area contributed by atoms with E-state index in [4.69, 9.17) is 28.2 Å². The lowest BCUT2D eigenvalue weighted by atomic mass is 9.96. The summed E-state index contributed by atoms with van der Waals surface area (Å²) in [6.45, 7) is 0. The van der Waals surface area contributed by atoms with Crippen LogP contribution in [0.4, 0.5) is 0 Å². The van der Waals surface area contributed by atoms with Crippen LogP contribution in [0.15, 0.2) is 256 Å². The van der Waals surface area contributed by atoms with Gasteiger partial charge >= 0.3 is 0 Å². The van der Waals surface area contributed by atoms with E-state index in [1.165, 1.54) is 21.8 Å². The van der Waals surface area contributed by atoms with Crippen molar-refractivity contribution in [3.63, 3.8) is 0 Å². The molecule has 16 rings (SSSR count). The average molecular weight is 973 g/mol. The Morgan fingerprint density at radius 2 is 0.803 bits per heavy atom. The van der Waals surface area contributed by atoms with Gasteiger partial charge in [0.2, 0.25) is 0 Å². The number of aromatic nitrogens is 4. The van der Waals surface area contributed by atoms with Gasteiger partial charge < -0.3 is 17.8 Å². The Balaban J connectivity index is 0.794. The van der Waals surface area contributed by atoms with Gasteiger partial charge in [0.05, 0.1) is 11.0 Å². The van der Waals surface area contributed by atoms with Crippen LogP contribution in [0.25, 0.3) is 161 Å². The molecule has 0 atom stereocenters. The zero-order chi connectivity index (χ0) is 49.8. The van der Waals surface area contributed by atoms with Crippen LogP contribution in [0.2, 0.25) is 0 Å². The molecule has 0 saturated carbocycles. The van der Waals surface area contributed by atoms with Gasteiger partial charge in [0.15, 0.2) is 17.5 Å². The van der Waals surface area contributed by atoms with Crippen LogP contribution >= 0.6 is 0 Å². The monoisotopic (exact) mass is 972 g/mol. The predicted octanol–water partition coefficient (Wildman–Crippen LogP) is 18.7. The topological polar surface area (TPSA) is 83.0 Å². The quantitative estimate of drug-likeness (QED) is 0.158. The van der Waals surface area contributed by atoms with Gasteiger partial charge in [0.1, 0.15) is 33.5 Å². The first-order valence-electron chi connectivity index (χ1n) is 25.5. The third-order valence-corrected chi connectivity index (χ3v) is 15.1. The number of para-hydroxylation sites is 4. The van der Waals surface area contributed by atoms with E-state index in [2.05, 4.69) is 187 Å². The summed E-state index contributed by atoms with van der Waals surface area (Å²) in [6.07, 6.45) is 0. The van der Waals surface area contributed by atoms with Crippen LogP contribution in [-0.4, -0.2) is 19.5 Å². The molecular formula is C69H40N4O3. The first kappa shape index (κ1) is 42.2. The summed E-state index contributed by atoms with van der Waals surface area (Å²) in [7, 11) is 0. The van der Waals surface area contributed by atoms with Gasteiger partial charge in [-0.05, 0) is 101 Å². The van der Waals surface area contributed by atoms with Gasteiger partial charge in [-0.2, -0.15) is 0 Å². The molecule has 5 heterocycles. The maximum absolute atomic E-state index is 6.72. The van der Waals surface area contributed by atoms with Crippen LogP contribution in [0.1, 0.15) is 0 Å². The van der Waals surface area contributed by atoms with Gasteiger partial charge in [-0.3, -0.25) is 0 Å². The summed E-state index contributed by atoms with van der Waals surface area (Å²) >= 11 is 0. The van der Waals surface area contributed by atoms with E-state index >= 15 is 0 Å². The molecule has 11 aromatic carbocycles. The van der Waals surface area contributed by atoms with Crippen molar-refractivity contribution in [3.05, 3.63) is 243 Å². The molecule has 16 aromatic rings. The maximum Gasteiger partial charge on any atom is 0.164 e. The Kier molecular flexibility index (Phi) is 9.20. The van der Waals surface area contributed by atoms with Gasteiger partial charge in [-0.15, -0.1) is 0 Å². The second kappa shape index (κ2) is 16.6. The van der Waals surface area contributed by atoms with Gasteiger partial charge in [0.25, 0.3) is 0 Å². The van der Waals surface area contributed by atoms with E-state index in [1.807, 2.05) is 60.7 Å². The SMILES string of the molecule is c1ccc(-c2nc(-c3ccc(-c4cccc5c4oc4ccccc45)cc3)nc(-c3cccc4oc5ccc(-c6cccc7oc8cc(-c9ccc%10c(c9)c9ccccc9n%10-c9ccccc9)ccc8c67)cc5c34)n2)cc1. The molecule has 0 aliphatic rings. The smallest absolute Gasteiger partial charge is 0.164 e. The number of furan rings is 3.